The van der Waals surface area contributed by atoms with Gasteiger partial charge in [-0.3, -0.25) is 0 Å². The Morgan fingerprint density at radius 3 is 2.44 bits per heavy atom. The second-order valence-corrected chi connectivity index (χ2v) is 3.88. The summed E-state index contributed by atoms with van der Waals surface area (Å²) in [7, 11) is 3.71. The molecule has 82 valence electrons. The third-order valence-electron chi connectivity index (χ3n) is 2.58. The molecule has 0 unspecified atom stereocenters. The topological polar surface area (TPSA) is 40.5 Å². The molecule has 0 bridgehead atoms. The smallest absolute Gasteiger partial charge is 0.337 e. The number of carboxylic acids is 1. The normalized spacial score (nSPS) is 10.4. The largest absolute Gasteiger partial charge is 0.478 e. The summed E-state index contributed by atoms with van der Waals surface area (Å²) in [5.41, 5.74) is 1.09. The molecular weight excluding hydrogens is 202 g/mol. The minimum absolute atomic E-state index is 0.337. The number of nitrogens with zero attached hydrogens (tertiary/aromatic N) is 1. The average Bonchev–Trinajstić information content (AvgIpc) is 2.27. The molecule has 1 N–H and O–H groups in total. The summed E-state index contributed by atoms with van der Waals surface area (Å²) in [5.74, 6) is -0.894. The first-order valence-electron chi connectivity index (χ1n) is 5.03. The van der Waals surface area contributed by atoms with Gasteiger partial charge in [-0.05, 0) is 11.5 Å². The fourth-order valence-electron chi connectivity index (χ4n) is 1.91. The molecule has 0 aromatic heterocycles. The first-order chi connectivity index (χ1) is 7.61. The van der Waals surface area contributed by atoms with Gasteiger partial charge in [0.1, 0.15) is 0 Å². The van der Waals surface area contributed by atoms with Crippen molar-refractivity contribution in [3.8, 4) is 0 Å². The molecule has 2 rings (SSSR count). The molecule has 0 heterocycles. The summed E-state index contributed by atoms with van der Waals surface area (Å²) < 4.78 is 0. The van der Waals surface area contributed by atoms with Crippen LogP contribution >= 0.6 is 0 Å². The lowest BCUT2D eigenvalue weighted by atomic mass is 10.0. The van der Waals surface area contributed by atoms with Crippen LogP contribution in [0, 0.1) is 0 Å². The van der Waals surface area contributed by atoms with Gasteiger partial charge in [-0.1, -0.05) is 30.3 Å². The fraction of sp³-hybridized carbons (Fsp3) is 0.154. The van der Waals surface area contributed by atoms with Gasteiger partial charge in [0.2, 0.25) is 0 Å². The minimum atomic E-state index is -0.894. The zero-order valence-electron chi connectivity index (χ0n) is 9.27. The van der Waals surface area contributed by atoms with Crippen LogP contribution in [0.25, 0.3) is 10.8 Å². The van der Waals surface area contributed by atoms with Gasteiger partial charge in [0.15, 0.2) is 0 Å². The highest BCUT2D eigenvalue weighted by Gasteiger charge is 2.14. The molecule has 3 nitrogen and oxygen atoms in total. The third-order valence-corrected chi connectivity index (χ3v) is 2.58. The third kappa shape index (κ3) is 1.60. The van der Waals surface area contributed by atoms with Gasteiger partial charge in [0.25, 0.3) is 0 Å². The van der Waals surface area contributed by atoms with E-state index in [0.717, 1.165) is 16.5 Å². The monoisotopic (exact) mass is 215 g/mol. The van der Waals surface area contributed by atoms with Crippen molar-refractivity contribution in [2.45, 2.75) is 0 Å². The van der Waals surface area contributed by atoms with Crippen LogP contribution in [0.5, 0.6) is 0 Å². The van der Waals surface area contributed by atoms with Gasteiger partial charge in [0.05, 0.1) is 11.3 Å². The van der Waals surface area contributed by atoms with Crippen LogP contribution in [0.1, 0.15) is 10.4 Å². The Hall–Kier alpha value is -2.03. The van der Waals surface area contributed by atoms with Crippen molar-refractivity contribution in [1.82, 2.24) is 0 Å². The number of anilines is 1. The quantitative estimate of drug-likeness (QED) is 0.837. The van der Waals surface area contributed by atoms with Crippen LogP contribution in [-0.4, -0.2) is 25.2 Å². The van der Waals surface area contributed by atoms with E-state index >= 15 is 0 Å². The Bertz CT molecular complexity index is 547. The van der Waals surface area contributed by atoms with Gasteiger partial charge >= 0.3 is 5.97 Å². The van der Waals surface area contributed by atoms with Crippen molar-refractivity contribution in [3.63, 3.8) is 0 Å². The summed E-state index contributed by atoms with van der Waals surface area (Å²) in [5, 5.41) is 11.2. The number of hydrogen-bond donors (Lipinski definition) is 1. The zero-order valence-corrected chi connectivity index (χ0v) is 9.27. The van der Waals surface area contributed by atoms with Crippen LogP contribution in [0.15, 0.2) is 36.4 Å². The van der Waals surface area contributed by atoms with Crippen molar-refractivity contribution in [2.24, 2.45) is 0 Å². The molecular formula is C13H13NO2. The highest BCUT2D eigenvalue weighted by Crippen LogP contribution is 2.29. The van der Waals surface area contributed by atoms with E-state index in [1.54, 1.807) is 6.07 Å². The first kappa shape index (κ1) is 10.5. The van der Waals surface area contributed by atoms with Crippen molar-refractivity contribution in [3.05, 3.63) is 42.0 Å². The molecule has 2 aromatic carbocycles. The van der Waals surface area contributed by atoms with E-state index in [9.17, 15) is 4.79 Å². The summed E-state index contributed by atoms with van der Waals surface area (Å²) >= 11 is 0. The molecule has 2 aromatic rings. The van der Waals surface area contributed by atoms with E-state index in [1.165, 1.54) is 0 Å². The Morgan fingerprint density at radius 2 is 1.81 bits per heavy atom. The van der Waals surface area contributed by atoms with E-state index in [0.29, 0.717) is 5.56 Å². The molecule has 0 aliphatic heterocycles. The summed E-state index contributed by atoms with van der Waals surface area (Å²) in [6.45, 7) is 0. The number of rotatable bonds is 2. The highest BCUT2D eigenvalue weighted by molar-refractivity contribution is 6.06. The predicted octanol–water partition coefficient (Wildman–Crippen LogP) is 2.60. The number of hydrogen-bond acceptors (Lipinski definition) is 2. The highest BCUT2D eigenvalue weighted by atomic mass is 16.4. The van der Waals surface area contributed by atoms with E-state index in [1.807, 2.05) is 49.3 Å². The maximum absolute atomic E-state index is 11.1. The lowest BCUT2D eigenvalue weighted by Gasteiger charge is -2.18. The standard InChI is InChI=1S/C13H13NO2/c1-14(2)12-10-6-4-3-5-9(10)7-8-11(12)13(15)16/h3-8H,1-2H3,(H,15,16). The molecule has 0 spiro atoms. The zero-order chi connectivity index (χ0) is 11.7. The number of fused-ring (bicyclic) bond motifs is 1. The molecule has 3 heteroatoms. The van der Waals surface area contributed by atoms with E-state index < -0.39 is 5.97 Å². The minimum Gasteiger partial charge on any atom is -0.478 e. The second-order valence-electron chi connectivity index (χ2n) is 3.88. The van der Waals surface area contributed by atoms with Crippen molar-refractivity contribution < 1.29 is 9.90 Å². The molecule has 0 fully saturated rings. The number of benzene rings is 2. The summed E-state index contributed by atoms with van der Waals surface area (Å²) in [6, 6.07) is 11.3. The molecule has 0 aliphatic carbocycles. The fourth-order valence-corrected chi connectivity index (χ4v) is 1.91. The van der Waals surface area contributed by atoms with Gasteiger partial charge in [0, 0.05) is 19.5 Å². The van der Waals surface area contributed by atoms with Crippen LogP contribution < -0.4 is 4.90 Å². The van der Waals surface area contributed by atoms with E-state index in [-0.39, 0.29) is 0 Å². The molecule has 0 radical (unpaired) electrons. The Morgan fingerprint density at radius 1 is 1.12 bits per heavy atom. The second kappa shape index (κ2) is 3.85. The van der Waals surface area contributed by atoms with Gasteiger partial charge in [-0.25, -0.2) is 4.79 Å². The predicted molar refractivity (Wildman–Crippen MR) is 65.2 cm³/mol. The number of carbonyl (C=O) groups is 1. The Balaban J connectivity index is 2.84. The lowest BCUT2D eigenvalue weighted by Crippen LogP contribution is -2.14. The summed E-state index contributed by atoms with van der Waals surface area (Å²) in [4.78, 5) is 13.0. The molecule has 0 saturated carbocycles. The Labute approximate surface area is 93.9 Å². The maximum atomic E-state index is 11.1. The van der Waals surface area contributed by atoms with E-state index in [4.69, 9.17) is 5.11 Å². The number of carboxylic acid groups (broad SMARTS) is 1. The molecule has 0 amide bonds. The van der Waals surface area contributed by atoms with Gasteiger partial charge in [-0.2, -0.15) is 0 Å². The maximum Gasteiger partial charge on any atom is 0.337 e. The van der Waals surface area contributed by atoms with Crippen LogP contribution in [-0.2, 0) is 0 Å². The number of aromatic carboxylic acids is 1. The molecule has 0 aliphatic rings. The molecule has 0 atom stereocenters. The Kier molecular flexibility index (Phi) is 2.52. The molecule has 16 heavy (non-hydrogen) atoms. The van der Waals surface area contributed by atoms with Gasteiger partial charge in [-0.15, -0.1) is 0 Å². The van der Waals surface area contributed by atoms with Gasteiger partial charge < -0.3 is 10.0 Å². The van der Waals surface area contributed by atoms with E-state index in [2.05, 4.69) is 0 Å². The van der Waals surface area contributed by atoms with Crippen molar-refractivity contribution in [1.29, 1.82) is 0 Å². The van der Waals surface area contributed by atoms with Crippen molar-refractivity contribution in [2.75, 3.05) is 19.0 Å². The van der Waals surface area contributed by atoms with Crippen LogP contribution in [0.3, 0.4) is 0 Å². The van der Waals surface area contributed by atoms with Crippen LogP contribution in [0.4, 0.5) is 5.69 Å². The summed E-state index contributed by atoms with van der Waals surface area (Å²) in [6.07, 6.45) is 0. The SMILES string of the molecule is CN(C)c1c(C(=O)O)ccc2ccccc12. The van der Waals surface area contributed by atoms with Crippen molar-refractivity contribution >= 4 is 22.4 Å². The molecule has 0 saturated heterocycles. The average molecular weight is 215 g/mol. The first-order valence-corrected chi connectivity index (χ1v) is 5.03. The lowest BCUT2D eigenvalue weighted by molar-refractivity contribution is 0.0698. The van der Waals surface area contributed by atoms with Crippen LogP contribution in [0.2, 0.25) is 0 Å².